The van der Waals surface area contributed by atoms with E-state index in [2.05, 4.69) is 0 Å². The van der Waals surface area contributed by atoms with Gasteiger partial charge in [0.25, 0.3) is 0 Å². The Morgan fingerprint density at radius 2 is 2.17 bits per heavy atom. The molecule has 1 heterocycles. The van der Waals surface area contributed by atoms with Crippen molar-refractivity contribution in [3.8, 4) is 5.75 Å². The van der Waals surface area contributed by atoms with E-state index in [0.717, 1.165) is 25.2 Å². The standard InChI is InChI=1S/C14H18O4/c1-2-16-12-7-5-11(6-8-12)14(15)18-10-13-4-3-9-17-13/h5-8,13H,2-4,9-10H2,1H3/t13-/m0/s1. The number of esters is 1. The number of rotatable bonds is 5. The number of hydrogen-bond donors (Lipinski definition) is 0. The van der Waals surface area contributed by atoms with Crippen molar-refractivity contribution < 1.29 is 19.0 Å². The highest BCUT2D eigenvalue weighted by molar-refractivity contribution is 5.89. The zero-order valence-electron chi connectivity index (χ0n) is 10.6. The van der Waals surface area contributed by atoms with Crippen LogP contribution in [0, 0.1) is 0 Å². The molecule has 1 fully saturated rings. The second-order valence-corrected chi connectivity index (χ2v) is 4.19. The molecule has 2 rings (SSSR count). The Balaban J connectivity index is 1.83. The molecule has 4 heteroatoms. The summed E-state index contributed by atoms with van der Waals surface area (Å²) < 4.78 is 15.9. The summed E-state index contributed by atoms with van der Waals surface area (Å²) in [6, 6.07) is 6.96. The van der Waals surface area contributed by atoms with Gasteiger partial charge in [0.1, 0.15) is 12.4 Å². The van der Waals surface area contributed by atoms with Crippen LogP contribution in [-0.4, -0.2) is 31.9 Å². The van der Waals surface area contributed by atoms with Crippen molar-refractivity contribution in [3.63, 3.8) is 0 Å². The first-order valence-corrected chi connectivity index (χ1v) is 6.31. The number of ether oxygens (including phenoxy) is 3. The first-order chi connectivity index (χ1) is 8.79. The zero-order chi connectivity index (χ0) is 12.8. The Hall–Kier alpha value is -1.55. The summed E-state index contributed by atoms with van der Waals surface area (Å²) in [5.74, 6) is 0.446. The molecule has 1 saturated heterocycles. The van der Waals surface area contributed by atoms with E-state index in [4.69, 9.17) is 14.2 Å². The van der Waals surface area contributed by atoms with Crippen LogP contribution in [0.2, 0.25) is 0 Å². The van der Waals surface area contributed by atoms with Gasteiger partial charge in [-0.3, -0.25) is 0 Å². The van der Waals surface area contributed by atoms with Crippen LogP contribution in [0.5, 0.6) is 5.75 Å². The van der Waals surface area contributed by atoms with Crippen molar-refractivity contribution in [2.45, 2.75) is 25.9 Å². The molecule has 0 spiro atoms. The summed E-state index contributed by atoms with van der Waals surface area (Å²) in [7, 11) is 0. The predicted octanol–water partition coefficient (Wildman–Crippen LogP) is 2.42. The Labute approximate surface area is 107 Å². The normalized spacial score (nSPS) is 18.6. The lowest BCUT2D eigenvalue weighted by Crippen LogP contribution is -2.17. The average Bonchev–Trinajstić information content (AvgIpc) is 2.90. The molecule has 0 N–H and O–H groups in total. The third-order valence-corrected chi connectivity index (χ3v) is 2.83. The highest BCUT2D eigenvalue weighted by atomic mass is 16.6. The van der Waals surface area contributed by atoms with Gasteiger partial charge in [0.15, 0.2) is 0 Å². The van der Waals surface area contributed by atoms with E-state index in [1.165, 1.54) is 0 Å². The lowest BCUT2D eigenvalue weighted by molar-refractivity contribution is 0.0161. The molecule has 0 saturated carbocycles. The Bertz CT molecular complexity index is 379. The molecule has 4 nitrogen and oxygen atoms in total. The average molecular weight is 250 g/mol. The summed E-state index contributed by atoms with van der Waals surface area (Å²) >= 11 is 0. The maximum absolute atomic E-state index is 11.8. The molecule has 18 heavy (non-hydrogen) atoms. The number of hydrogen-bond acceptors (Lipinski definition) is 4. The molecule has 1 aliphatic heterocycles. The summed E-state index contributed by atoms with van der Waals surface area (Å²) in [4.78, 5) is 11.8. The maximum Gasteiger partial charge on any atom is 0.338 e. The van der Waals surface area contributed by atoms with E-state index >= 15 is 0 Å². The van der Waals surface area contributed by atoms with Crippen LogP contribution in [-0.2, 0) is 9.47 Å². The fourth-order valence-corrected chi connectivity index (χ4v) is 1.88. The fraction of sp³-hybridized carbons (Fsp3) is 0.500. The molecule has 1 aromatic rings. The van der Waals surface area contributed by atoms with Gasteiger partial charge in [-0.2, -0.15) is 0 Å². The highest BCUT2D eigenvalue weighted by Gasteiger charge is 2.18. The third kappa shape index (κ3) is 3.47. The van der Waals surface area contributed by atoms with E-state index in [1.807, 2.05) is 6.92 Å². The Morgan fingerprint density at radius 3 is 2.78 bits per heavy atom. The monoisotopic (exact) mass is 250 g/mol. The van der Waals surface area contributed by atoms with E-state index in [-0.39, 0.29) is 12.1 Å². The highest BCUT2D eigenvalue weighted by Crippen LogP contribution is 2.15. The number of benzene rings is 1. The minimum absolute atomic E-state index is 0.0663. The summed E-state index contributed by atoms with van der Waals surface area (Å²) in [6.45, 7) is 3.64. The predicted molar refractivity (Wildman–Crippen MR) is 66.9 cm³/mol. The SMILES string of the molecule is CCOc1ccc(C(=O)OC[C@@H]2CCCO2)cc1. The minimum atomic E-state index is -0.312. The largest absolute Gasteiger partial charge is 0.494 e. The Morgan fingerprint density at radius 1 is 1.39 bits per heavy atom. The van der Waals surface area contributed by atoms with Crippen LogP contribution in [0.15, 0.2) is 24.3 Å². The van der Waals surface area contributed by atoms with Gasteiger partial charge in [-0.25, -0.2) is 4.79 Å². The van der Waals surface area contributed by atoms with Crippen LogP contribution in [0.1, 0.15) is 30.1 Å². The third-order valence-electron chi connectivity index (χ3n) is 2.83. The molecule has 0 aromatic heterocycles. The first-order valence-electron chi connectivity index (χ1n) is 6.31. The molecule has 0 amide bonds. The molecule has 0 radical (unpaired) electrons. The minimum Gasteiger partial charge on any atom is -0.494 e. The van der Waals surface area contributed by atoms with E-state index in [1.54, 1.807) is 24.3 Å². The lowest BCUT2D eigenvalue weighted by atomic mass is 10.2. The number of carbonyl (C=O) groups is 1. The van der Waals surface area contributed by atoms with Crippen molar-refractivity contribution in [2.24, 2.45) is 0 Å². The summed E-state index contributed by atoms with van der Waals surface area (Å²) in [5.41, 5.74) is 0.538. The van der Waals surface area contributed by atoms with E-state index in [0.29, 0.717) is 18.8 Å². The van der Waals surface area contributed by atoms with Crippen LogP contribution < -0.4 is 4.74 Å². The molecule has 1 atom stereocenters. The van der Waals surface area contributed by atoms with Crippen LogP contribution in [0.25, 0.3) is 0 Å². The van der Waals surface area contributed by atoms with Crippen LogP contribution >= 0.6 is 0 Å². The van der Waals surface area contributed by atoms with Gasteiger partial charge in [-0.05, 0) is 44.0 Å². The lowest BCUT2D eigenvalue weighted by Gasteiger charge is -2.10. The zero-order valence-corrected chi connectivity index (χ0v) is 10.6. The van der Waals surface area contributed by atoms with E-state index in [9.17, 15) is 4.79 Å². The van der Waals surface area contributed by atoms with Gasteiger partial charge in [0, 0.05) is 6.61 Å². The molecular formula is C14H18O4. The van der Waals surface area contributed by atoms with E-state index < -0.39 is 0 Å². The summed E-state index contributed by atoms with van der Waals surface area (Å²) in [5, 5.41) is 0. The van der Waals surface area contributed by atoms with Gasteiger partial charge in [0.2, 0.25) is 0 Å². The van der Waals surface area contributed by atoms with Gasteiger partial charge in [0.05, 0.1) is 18.3 Å². The second-order valence-electron chi connectivity index (χ2n) is 4.19. The van der Waals surface area contributed by atoms with Gasteiger partial charge in [-0.15, -0.1) is 0 Å². The molecule has 0 bridgehead atoms. The van der Waals surface area contributed by atoms with Crippen LogP contribution in [0.4, 0.5) is 0 Å². The summed E-state index contributed by atoms with van der Waals surface area (Å²) in [6.07, 6.45) is 2.08. The molecular weight excluding hydrogens is 232 g/mol. The fourth-order valence-electron chi connectivity index (χ4n) is 1.88. The van der Waals surface area contributed by atoms with Gasteiger partial charge in [-0.1, -0.05) is 0 Å². The van der Waals surface area contributed by atoms with Gasteiger partial charge < -0.3 is 14.2 Å². The van der Waals surface area contributed by atoms with Crippen molar-refractivity contribution >= 4 is 5.97 Å². The van der Waals surface area contributed by atoms with Gasteiger partial charge >= 0.3 is 5.97 Å². The molecule has 0 unspecified atom stereocenters. The molecule has 1 aromatic carbocycles. The van der Waals surface area contributed by atoms with Crippen LogP contribution in [0.3, 0.4) is 0 Å². The number of carbonyl (C=O) groups excluding carboxylic acids is 1. The van der Waals surface area contributed by atoms with Crippen molar-refractivity contribution in [2.75, 3.05) is 19.8 Å². The first kappa shape index (κ1) is 12.9. The maximum atomic E-state index is 11.8. The molecule has 1 aliphatic rings. The van der Waals surface area contributed by atoms with Crippen molar-refractivity contribution in [1.29, 1.82) is 0 Å². The quantitative estimate of drug-likeness (QED) is 0.753. The van der Waals surface area contributed by atoms with Crippen molar-refractivity contribution in [3.05, 3.63) is 29.8 Å². The smallest absolute Gasteiger partial charge is 0.338 e. The topological polar surface area (TPSA) is 44.8 Å². The molecule has 98 valence electrons. The Kier molecular flexibility index (Phi) is 4.59. The molecule has 0 aliphatic carbocycles. The second kappa shape index (κ2) is 6.40. The van der Waals surface area contributed by atoms with Crippen molar-refractivity contribution in [1.82, 2.24) is 0 Å².